The van der Waals surface area contributed by atoms with Crippen molar-refractivity contribution in [1.29, 1.82) is 0 Å². The first-order valence-corrected chi connectivity index (χ1v) is 12.4. The van der Waals surface area contributed by atoms with Crippen LogP contribution in [0.2, 0.25) is 0 Å². The van der Waals surface area contributed by atoms with Gasteiger partial charge in [-0.25, -0.2) is 4.68 Å². The fraction of sp³-hybridized carbons (Fsp3) is 0.308. The minimum absolute atomic E-state index is 0.0706. The van der Waals surface area contributed by atoms with E-state index in [1.807, 2.05) is 53.9 Å². The lowest BCUT2D eigenvalue weighted by molar-refractivity contribution is -0.126. The molecule has 4 aromatic rings. The maximum absolute atomic E-state index is 13.9. The molecule has 0 aliphatic carbocycles. The Kier molecular flexibility index (Phi) is 7.77. The third kappa shape index (κ3) is 5.68. The third-order valence-corrected chi connectivity index (χ3v) is 6.57. The van der Waals surface area contributed by atoms with E-state index in [-0.39, 0.29) is 18.4 Å². The molecular weight excluding hydrogens is 462 g/mol. The Labute approximate surface area is 208 Å². The standard InChI is InChI=1S/C26H29N5O3S/c1-18(2)13-14-27-26(33)25(23-12-7-15-35-23)31(19-8-6-9-20(16-19)34-3)24(32)17-30-22-11-5-4-10-21(22)28-29-30/h4-12,15-16,18,25H,13-14,17H2,1-3H3,(H,27,33)/t25-/m0/s1. The molecule has 4 rings (SSSR count). The van der Waals surface area contributed by atoms with Crippen LogP contribution in [0.3, 0.4) is 0 Å². The number of amides is 2. The maximum Gasteiger partial charge on any atom is 0.249 e. The van der Waals surface area contributed by atoms with Crippen molar-refractivity contribution < 1.29 is 14.3 Å². The molecule has 2 amide bonds. The number of fused-ring (bicyclic) bond motifs is 1. The van der Waals surface area contributed by atoms with Crippen molar-refractivity contribution in [3.63, 3.8) is 0 Å². The van der Waals surface area contributed by atoms with Crippen LogP contribution in [0.25, 0.3) is 11.0 Å². The number of anilines is 1. The number of methoxy groups -OCH3 is 1. The summed E-state index contributed by atoms with van der Waals surface area (Å²) in [5, 5.41) is 13.3. The molecule has 2 aromatic heterocycles. The summed E-state index contributed by atoms with van der Waals surface area (Å²) in [6.07, 6.45) is 0.848. The van der Waals surface area contributed by atoms with Gasteiger partial charge in [-0.1, -0.05) is 43.3 Å². The minimum Gasteiger partial charge on any atom is -0.497 e. The number of carbonyl (C=O) groups excluding carboxylic acids is 2. The Hall–Kier alpha value is -3.72. The summed E-state index contributed by atoms with van der Waals surface area (Å²) in [4.78, 5) is 29.8. The van der Waals surface area contributed by atoms with Crippen molar-refractivity contribution in [2.75, 3.05) is 18.6 Å². The summed E-state index contributed by atoms with van der Waals surface area (Å²) in [5.74, 6) is 0.530. The van der Waals surface area contributed by atoms with Crippen molar-refractivity contribution >= 4 is 39.9 Å². The lowest BCUT2D eigenvalue weighted by atomic mass is 10.1. The molecule has 0 aliphatic heterocycles. The lowest BCUT2D eigenvalue weighted by Gasteiger charge is -2.31. The molecule has 0 saturated carbocycles. The Morgan fingerprint density at radius 2 is 1.94 bits per heavy atom. The van der Waals surface area contributed by atoms with Gasteiger partial charge in [-0.15, -0.1) is 16.4 Å². The molecular formula is C26H29N5O3S. The Balaban J connectivity index is 1.73. The fourth-order valence-electron chi connectivity index (χ4n) is 3.84. The molecule has 0 unspecified atom stereocenters. The van der Waals surface area contributed by atoms with Gasteiger partial charge in [0.05, 0.1) is 12.6 Å². The monoisotopic (exact) mass is 491 g/mol. The van der Waals surface area contributed by atoms with Crippen LogP contribution in [0, 0.1) is 5.92 Å². The number of nitrogens with zero attached hydrogens (tertiary/aromatic N) is 4. The number of carbonyl (C=O) groups is 2. The second-order valence-electron chi connectivity index (χ2n) is 8.59. The summed E-state index contributed by atoms with van der Waals surface area (Å²) in [5.41, 5.74) is 2.02. The van der Waals surface area contributed by atoms with Crippen molar-refractivity contribution in [3.8, 4) is 5.75 Å². The zero-order chi connectivity index (χ0) is 24.8. The SMILES string of the molecule is COc1cccc(N(C(=O)Cn2nnc3ccccc32)[C@H](C(=O)NCCC(C)C)c2cccs2)c1. The lowest BCUT2D eigenvalue weighted by Crippen LogP contribution is -2.45. The van der Waals surface area contributed by atoms with Crippen LogP contribution in [-0.4, -0.2) is 40.5 Å². The number of nitrogens with one attached hydrogen (secondary N) is 1. The molecule has 0 saturated heterocycles. The molecule has 182 valence electrons. The molecule has 1 atom stereocenters. The largest absolute Gasteiger partial charge is 0.497 e. The zero-order valence-electron chi connectivity index (χ0n) is 20.0. The highest BCUT2D eigenvalue weighted by Crippen LogP contribution is 2.33. The topological polar surface area (TPSA) is 89.3 Å². The van der Waals surface area contributed by atoms with Gasteiger partial charge >= 0.3 is 0 Å². The molecule has 8 nitrogen and oxygen atoms in total. The molecule has 0 fully saturated rings. The Bertz CT molecular complexity index is 1290. The van der Waals surface area contributed by atoms with E-state index in [1.54, 1.807) is 23.9 Å². The number of rotatable bonds is 10. The maximum atomic E-state index is 13.9. The van der Waals surface area contributed by atoms with E-state index in [0.717, 1.165) is 16.8 Å². The van der Waals surface area contributed by atoms with E-state index in [0.29, 0.717) is 29.4 Å². The van der Waals surface area contributed by atoms with Gasteiger partial charge in [0.15, 0.2) is 0 Å². The van der Waals surface area contributed by atoms with Crippen LogP contribution in [0.15, 0.2) is 66.0 Å². The van der Waals surface area contributed by atoms with Crippen LogP contribution in [0.5, 0.6) is 5.75 Å². The average Bonchev–Trinajstić information content (AvgIpc) is 3.52. The van der Waals surface area contributed by atoms with Crippen molar-refractivity contribution in [3.05, 3.63) is 70.9 Å². The van der Waals surface area contributed by atoms with Crippen LogP contribution in [0.1, 0.15) is 31.2 Å². The quantitative estimate of drug-likeness (QED) is 0.354. The van der Waals surface area contributed by atoms with E-state index in [9.17, 15) is 9.59 Å². The first kappa shape index (κ1) is 24.4. The molecule has 0 aliphatic rings. The summed E-state index contributed by atoms with van der Waals surface area (Å²) in [6.45, 7) is 4.68. The van der Waals surface area contributed by atoms with Gasteiger partial charge in [0.2, 0.25) is 11.8 Å². The Morgan fingerprint density at radius 3 is 2.69 bits per heavy atom. The van der Waals surface area contributed by atoms with Gasteiger partial charge in [0.1, 0.15) is 23.9 Å². The number of para-hydroxylation sites is 1. The number of aromatic nitrogens is 3. The van der Waals surface area contributed by atoms with E-state index in [4.69, 9.17) is 4.74 Å². The number of hydrogen-bond donors (Lipinski definition) is 1. The van der Waals surface area contributed by atoms with Crippen molar-refractivity contribution in [2.45, 2.75) is 32.9 Å². The molecule has 0 bridgehead atoms. The highest BCUT2D eigenvalue weighted by molar-refractivity contribution is 7.10. The highest BCUT2D eigenvalue weighted by Gasteiger charge is 2.34. The van der Waals surface area contributed by atoms with E-state index < -0.39 is 6.04 Å². The predicted molar refractivity (Wildman–Crippen MR) is 138 cm³/mol. The molecule has 2 heterocycles. The van der Waals surface area contributed by atoms with Crippen LogP contribution in [0.4, 0.5) is 5.69 Å². The second kappa shape index (κ2) is 11.1. The van der Waals surface area contributed by atoms with Gasteiger partial charge < -0.3 is 10.1 Å². The van der Waals surface area contributed by atoms with Crippen LogP contribution in [-0.2, 0) is 16.1 Å². The summed E-state index contributed by atoms with van der Waals surface area (Å²) in [7, 11) is 1.57. The van der Waals surface area contributed by atoms with Crippen molar-refractivity contribution in [1.82, 2.24) is 20.3 Å². The first-order valence-electron chi connectivity index (χ1n) is 11.5. The molecule has 9 heteroatoms. The zero-order valence-corrected chi connectivity index (χ0v) is 20.9. The van der Waals surface area contributed by atoms with E-state index in [2.05, 4.69) is 29.5 Å². The second-order valence-corrected chi connectivity index (χ2v) is 9.57. The third-order valence-electron chi connectivity index (χ3n) is 5.65. The van der Waals surface area contributed by atoms with E-state index in [1.165, 1.54) is 16.2 Å². The predicted octanol–water partition coefficient (Wildman–Crippen LogP) is 4.44. The van der Waals surface area contributed by atoms with Gasteiger partial charge in [-0.2, -0.15) is 0 Å². The van der Waals surface area contributed by atoms with Gasteiger partial charge in [-0.05, 0) is 48.1 Å². The number of benzene rings is 2. The molecule has 0 radical (unpaired) electrons. The molecule has 35 heavy (non-hydrogen) atoms. The normalized spacial score (nSPS) is 12.0. The number of hydrogen-bond acceptors (Lipinski definition) is 6. The fourth-order valence-corrected chi connectivity index (χ4v) is 4.65. The molecule has 1 N–H and O–H groups in total. The molecule has 0 spiro atoms. The van der Waals surface area contributed by atoms with Crippen LogP contribution < -0.4 is 15.0 Å². The number of thiophene rings is 1. The van der Waals surface area contributed by atoms with Crippen molar-refractivity contribution in [2.24, 2.45) is 5.92 Å². The summed E-state index contributed by atoms with van der Waals surface area (Å²) >= 11 is 1.44. The summed E-state index contributed by atoms with van der Waals surface area (Å²) < 4.78 is 6.97. The van der Waals surface area contributed by atoms with Gasteiger partial charge in [0.25, 0.3) is 0 Å². The average molecular weight is 492 g/mol. The van der Waals surface area contributed by atoms with Gasteiger partial charge in [0, 0.05) is 23.2 Å². The minimum atomic E-state index is -0.837. The Morgan fingerprint density at radius 1 is 1.11 bits per heavy atom. The first-order chi connectivity index (χ1) is 17.0. The van der Waals surface area contributed by atoms with E-state index >= 15 is 0 Å². The van der Waals surface area contributed by atoms with Crippen LogP contribution >= 0.6 is 11.3 Å². The van der Waals surface area contributed by atoms with Gasteiger partial charge in [-0.3, -0.25) is 14.5 Å². The molecule has 2 aromatic carbocycles. The number of ether oxygens (including phenoxy) is 1. The summed E-state index contributed by atoms with van der Waals surface area (Å²) in [6, 6.07) is 17.6. The highest BCUT2D eigenvalue weighted by atomic mass is 32.1. The smallest absolute Gasteiger partial charge is 0.249 e.